The van der Waals surface area contributed by atoms with Gasteiger partial charge < -0.3 is 25.3 Å². The first kappa shape index (κ1) is 13.6. The summed E-state index contributed by atoms with van der Waals surface area (Å²) in [6, 6.07) is 5.17. The van der Waals surface area contributed by atoms with Crippen LogP contribution in [0, 0.1) is 0 Å². The van der Waals surface area contributed by atoms with Gasteiger partial charge in [-0.15, -0.1) is 0 Å². The number of hydrogen-bond acceptors (Lipinski definition) is 5. The Morgan fingerprint density at radius 3 is 2.79 bits per heavy atom. The highest BCUT2D eigenvalue weighted by Crippen LogP contribution is 2.30. The number of ether oxygens (including phenoxy) is 3. The van der Waals surface area contributed by atoms with Crippen molar-refractivity contribution >= 4 is 11.6 Å². The molecule has 6 nitrogen and oxygen atoms in total. The van der Waals surface area contributed by atoms with E-state index in [0.717, 1.165) is 0 Å². The summed E-state index contributed by atoms with van der Waals surface area (Å²) in [6.07, 6.45) is 0.505. The first-order chi connectivity index (χ1) is 9.09. The minimum atomic E-state index is -0.978. The summed E-state index contributed by atoms with van der Waals surface area (Å²) in [4.78, 5) is 12.2. The predicted molar refractivity (Wildman–Crippen MR) is 70.5 cm³/mol. The molecule has 1 aliphatic heterocycles. The van der Waals surface area contributed by atoms with Crippen molar-refractivity contribution in [2.75, 3.05) is 32.8 Å². The Labute approximate surface area is 111 Å². The van der Waals surface area contributed by atoms with E-state index in [1.807, 2.05) is 0 Å². The molecule has 1 atom stereocenters. The lowest BCUT2D eigenvalue weighted by Crippen LogP contribution is -2.51. The number of methoxy groups -OCH3 is 2. The van der Waals surface area contributed by atoms with Crippen LogP contribution in [0.4, 0.5) is 5.69 Å². The van der Waals surface area contributed by atoms with Crippen LogP contribution in [0.25, 0.3) is 0 Å². The second kappa shape index (κ2) is 5.46. The highest BCUT2D eigenvalue weighted by atomic mass is 16.5. The lowest BCUT2D eigenvalue weighted by Gasteiger charge is -2.21. The van der Waals surface area contributed by atoms with E-state index in [1.165, 1.54) is 7.11 Å². The summed E-state index contributed by atoms with van der Waals surface area (Å²) >= 11 is 0. The molecule has 0 bridgehead atoms. The molecular weight excluding hydrogens is 248 g/mol. The molecule has 104 valence electrons. The Balaban J connectivity index is 2.19. The molecule has 19 heavy (non-hydrogen) atoms. The van der Waals surface area contributed by atoms with Gasteiger partial charge in [0, 0.05) is 12.7 Å². The van der Waals surface area contributed by atoms with Gasteiger partial charge in [0.15, 0.2) is 0 Å². The molecule has 0 spiro atoms. The van der Waals surface area contributed by atoms with Crippen molar-refractivity contribution < 1.29 is 19.0 Å². The van der Waals surface area contributed by atoms with Crippen molar-refractivity contribution in [1.29, 1.82) is 0 Å². The number of carbonyl (C=O) groups is 1. The Hall–Kier alpha value is -1.79. The molecule has 2 rings (SSSR count). The van der Waals surface area contributed by atoms with Crippen molar-refractivity contribution in [3.63, 3.8) is 0 Å². The van der Waals surface area contributed by atoms with Crippen LogP contribution >= 0.6 is 0 Å². The van der Waals surface area contributed by atoms with E-state index in [1.54, 1.807) is 25.3 Å². The third-order valence-corrected chi connectivity index (χ3v) is 3.16. The zero-order valence-corrected chi connectivity index (χ0v) is 11.1. The summed E-state index contributed by atoms with van der Waals surface area (Å²) in [5.41, 5.74) is 5.56. The number of carbonyl (C=O) groups excluding carboxylic acids is 1. The quantitative estimate of drug-likeness (QED) is 0.840. The average Bonchev–Trinajstić information content (AvgIpc) is 2.87. The number of hydrogen-bond donors (Lipinski definition) is 2. The van der Waals surface area contributed by atoms with Gasteiger partial charge in [0.1, 0.15) is 17.0 Å². The van der Waals surface area contributed by atoms with Crippen LogP contribution in [0.2, 0.25) is 0 Å². The normalized spacial score (nSPS) is 22.1. The molecule has 0 saturated carbocycles. The molecule has 0 aromatic heterocycles. The third-order valence-electron chi connectivity index (χ3n) is 3.16. The zero-order chi connectivity index (χ0) is 13.9. The SMILES string of the molecule is COc1ccc(OC)c(NC(=O)C2(N)CCOC2)c1. The van der Waals surface area contributed by atoms with Gasteiger partial charge in [-0.3, -0.25) is 4.79 Å². The Morgan fingerprint density at radius 2 is 2.21 bits per heavy atom. The van der Waals surface area contributed by atoms with Gasteiger partial charge in [0.05, 0.1) is 26.5 Å². The number of nitrogens with one attached hydrogen (secondary N) is 1. The largest absolute Gasteiger partial charge is 0.497 e. The number of rotatable bonds is 4. The van der Waals surface area contributed by atoms with Crippen LogP contribution < -0.4 is 20.5 Å². The minimum Gasteiger partial charge on any atom is -0.497 e. The highest BCUT2D eigenvalue weighted by Gasteiger charge is 2.38. The smallest absolute Gasteiger partial charge is 0.247 e. The van der Waals surface area contributed by atoms with Crippen LogP contribution in [-0.2, 0) is 9.53 Å². The van der Waals surface area contributed by atoms with Crippen molar-refractivity contribution in [2.24, 2.45) is 5.73 Å². The molecule has 1 heterocycles. The Bertz CT molecular complexity index is 470. The van der Waals surface area contributed by atoms with Gasteiger partial charge in [-0.25, -0.2) is 0 Å². The van der Waals surface area contributed by atoms with Crippen LogP contribution in [0.3, 0.4) is 0 Å². The van der Waals surface area contributed by atoms with E-state index in [2.05, 4.69) is 5.32 Å². The summed E-state index contributed by atoms with van der Waals surface area (Å²) < 4.78 is 15.5. The van der Waals surface area contributed by atoms with E-state index in [-0.39, 0.29) is 12.5 Å². The topological polar surface area (TPSA) is 82.8 Å². The monoisotopic (exact) mass is 266 g/mol. The third kappa shape index (κ3) is 2.80. The zero-order valence-electron chi connectivity index (χ0n) is 11.1. The Kier molecular flexibility index (Phi) is 3.92. The van der Waals surface area contributed by atoms with Gasteiger partial charge in [-0.1, -0.05) is 0 Å². The number of anilines is 1. The Morgan fingerprint density at radius 1 is 1.42 bits per heavy atom. The van der Waals surface area contributed by atoms with Gasteiger partial charge in [0.2, 0.25) is 5.91 Å². The van der Waals surface area contributed by atoms with Gasteiger partial charge in [-0.2, -0.15) is 0 Å². The van der Waals surface area contributed by atoms with Crippen molar-refractivity contribution in [3.05, 3.63) is 18.2 Å². The molecule has 1 aromatic carbocycles. The number of benzene rings is 1. The maximum atomic E-state index is 12.2. The van der Waals surface area contributed by atoms with E-state index in [4.69, 9.17) is 19.9 Å². The van der Waals surface area contributed by atoms with Crippen LogP contribution in [0.15, 0.2) is 18.2 Å². The van der Waals surface area contributed by atoms with E-state index in [0.29, 0.717) is 30.2 Å². The first-order valence-corrected chi connectivity index (χ1v) is 5.99. The summed E-state index contributed by atoms with van der Waals surface area (Å²) in [5, 5.41) is 2.77. The van der Waals surface area contributed by atoms with Crippen LogP contribution in [0.5, 0.6) is 11.5 Å². The molecule has 0 radical (unpaired) electrons. The molecule has 1 unspecified atom stereocenters. The molecule has 1 amide bonds. The second-order valence-corrected chi connectivity index (χ2v) is 4.48. The minimum absolute atomic E-state index is 0.227. The molecule has 0 aliphatic carbocycles. The first-order valence-electron chi connectivity index (χ1n) is 5.99. The molecular formula is C13H18N2O4. The fraction of sp³-hybridized carbons (Fsp3) is 0.462. The van der Waals surface area contributed by atoms with Crippen molar-refractivity contribution in [3.8, 4) is 11.5 Å². The standard InChI is InChI=1S/C13H18N2O4/c1-17-9-3-4-11(18-2)10(7-9)15-12(16)13(14)5-6-19-8-13/h3-4,7H,5-6,8,14H2,1-2H3,(H,15,16). The van der Waals surface area contributed by atoms with Crippen LogP contribution in [0.1, 0.15) is 6.42 Å². The second-order valence-electron chi connectivity index (χ2n) is 4.48. The van der Waals surface area contributed by atoms with Crippen molar-refractivity contribution in [2.45, 2.75) is 12.0 Å². The fourth-order valence-corrected chi connectivity index (χ4v) is 1.92. The molecule has 1 saturated heterocycles. The van der Waals surface area contributed by atoms with Gasteiger partial charge >= 0.3 is 0 Å². The molecule has 1 fully saturated rings. The molecule has 1 aromatic rings. The number of nitrogens with two attached hydrogens (primary N) is 1. The van der Waals surface area contributed by atoms with E-state index < -0.39 is 5.54 Å². The lowest BCUT2D eigenvalue weighted by molar-refractivity contribution is -0.121. The maximum absolute atomic E-state index is 12.2. The fourth-order valence-electron chi connectivity index (χ4n) is 1.92. The average molecular weight is 266 g/mol. The van der Waals surface area contributed by atoms with Crippen molar-refractivity contribution in [1.82, 2.24) is 0 Å². The lowest BCUT2D eigenvalue weighted by atomic mass is 9.99. The summed E-state index contributed by atoms with van der Waals surface area (Å²) in [6.45, 7) is 0.726. The summed E-state index contributed by atoms with van der Waals surface area (Å²) in [5.74, 6) is 0.901. The number of amides is 1. The maximum Gasteiger partial charge on any atom is 0.247 e. The molecule has 3 N–H and O–H groups in total. The van der Waals surface area contributed by atoms with Crippen LogP contribution in [-0.4, -0.2) is 38.9 Å². The molecule has 6 heteroatoms. The molecule has 1 aliphatic rings. The van der Waals surface area contributed by atoms with E-state index >= 15 is 0 Å². The van der Waals surface area contributed by atoms with Gasteiger partial charge in [0.25, 0.3) is 0 Å². The highest BCUT2D eigenvalue weighted by molar-refractivity contribution is 5.99. The predicted octanol–water partition coefficient (Wildman–Crippen LogP) is 0.760. The summed E-state index contributed by atoms with van der Waals surface area (Å²) in [7, 11) is 3.09. The van der Waals surface area contributed by atoms with Gasteiger partial charge in [-0.05, 0) is 18.6 Å². The van der Waals surface area contributed by atoms with E-state index in [9.17, 15) is 4.79 Å².